The summed E-state index contributed by atoms with van der Waals surface area (Å²) in [5, 5.41) is 4.36. The molecule has 1 aliphatic heterocycles. The summed E-state index contributed by atoms with van der Waals surface area (Å²) in [6, 6.07) is 10.5. The van der Waals surface area contributed by atoms with Crippen LogP contribution in [0.3, 0.4) is 0 Å². The van der Waals surface area contributed by atoms with E-state index in [9.17, 15) is 9.18 Å². The fourth-order valence-electron chi connectivity index (χ4n) is 3.34. The number of aromatic nitrogens is 3. The van der Waals surface area contributed by atoms with Crippen molar-refractivity contribution in [2.24, 2.45) is 0 Å². The molecule has 6 nitrogen and oxygen atoms in total. The molecule has 0 spiro atoms. The smallest absolute Gasteiger partial charge is 0.242 e. The average molecular weight is 367 g/mol. The molecule has 7 heteroatoms. The molecule has 4 rings (SSSR count). The van der Waals surface area contributed by atoms with Crippen molar-refractivity contribution < 1.29 is 9.18 Å². The van der Waals surface area contributed by atoms with Crippen molar-refractivity contribution in [1.29, 1.82) is 0 Å². The van der Waals surface area contributed by atoms with Crippen molar-refractivity contribution in [3.05, 3.63) is 59.7 Å². The number of fused-ring (bicyclic) bond motifs is 1. The first-order valence-corrected chi connectivity index (χ1v) is 9.14. The molecule has 1 saturated heterocycles. The van der Waals surface area contributed by atoms with E-state index in [1.165, 1.54) is 6.07 Å². The lowest BCUT2D eigenvalue weighted by molar-refractivity contribution is -0.131. The molecule has 0 N–H and O–H groups in total. The number of halogens is 1. The molecular weight excluding hydrogens is 345 g/mol. The zero-order valence-corrected chi connectivity index (χ0v) is 15.5. The topological polar surface area (TPSA) is 53.7 Å². The molecule has 1 aliphatic rings. The lowest BCUT2D eigenvalue weighted by Crippen LogP contribution is -2.50. The highest BCUT2D eigenvalue weighted by molar-refractivity contribution is 5.82. The number of amides is 1. The largest absolute Gasteiger partial charge is 0.345 e. The van der Waals surface area contributed by atoms with E-state index in [1.54, 1.807) is 33.8 Å². The lowest BCUT2D eigenvalue weighted by Gasteiger charge is -2.35. The minimum atomic E-state index is -0.276. The van der Waals surface area contributed by atoms with Crippen molar-refractivity contribution in [3.63, 3.8) is 0 Å². The Morgan fingerprint density at radius 3 is 2.74 bits per heavy atom. The maximum atomic E-state index is 13.9. The number of rotatable bonds is 4. The number of carbonyl (C=O) groups is 1. The summed E-state index contributed by atoms with van der Waals surface area (Å²) >= 11 is 0. The fourth-order valence-corrected chi connectivity index (χ4v) is 3.34. The van der Waals surface area contributed by atoms with Crippen LogP contribution in [0, 0.1) is 5.82 Å². The van der Waals surface area contributed by atoms with Gasteiger partial charge in [-0.2, -0.15) is 9.61 Å². The molecule has 0 saturated carbocycles. The Morgan fingerprint density at radius 2 is 2.00 bits per heavy atom. The quantitative estimate of drug-likeness (QED) is 0.712. The molecule has 0 unspecified atom stereocenters. The molecule has 1 fully saturated rings. The van der Waals surface area contributed by atoms with Gasteiger partial charge in [0.1, 0.15) is 11.6 Å². The van der Waals surface area contributed by atoms with E-state index in [-0.39, 0.29) is 24.2 Å². The standard InChI is InChI=1S/C20H22FN5O/c1-14(2)17-11-19(26-18(23-17)7-8-22-26)24-9-10-25(20(27)13-24)12-15-5-3-4-6-16(15)21/h3-8,11,14H,9-10,12-13H2,1-2H3. The summed E-state index contributed by atoms with van der Waals surface area (Å²) in [7, 11) is 0. The van der Waals surface area contributed by atoms with E-state index >= 15 is 0 Å². The van der Waals surface area contributed by atoms with Gasteiger partial charge in [0, 0.05) is 43.0 Å². The second kappa shape index (κ2) is 6.98. The molecule has 1 amide bonds. The van der Waals surface area contributed by atoms with Gasteiger partial charge < -0.3 is 9.80 Å². The van der Waals surface area contributed by atoms with Crippen LogP contribution in [0.25, 0.3) is 5.65 Å². The van der Waals surface area contributed by atoms with Gasteiger partial charge in [0.2, 0.25) is 5.91 Å². The highest BCUT2D eigenvalue weighted by Crippen LogP contribution is 2.23. The van der Waals surface area contributed by atoms with Gasteiger partial charge in [-0.25, -0.2) is 9.37 Å². The van der Waals surface area contributed by atoms with Crippen LogP contribution in [0.1, 0.15) is 31.0 Å². The molecule has 140 valence electrons. The van der Waals surface area contributed by atoms with Gasteiger partial charge in [0.15, 0.2) is 5.65 Å². The van der Waals surface area contributed by atoms with Crippen LogP contribution in [0.4, 0.5) is 10.2 Å². The Balaban J connectivity index is 1.56. The molecule has 0 aliphatic carbocycles. The zero-order valence-electron chi connectivity index (χ0n) is 15.5. The molecule has 3 heterocycles. The van der Waals surface area contributed by atoms with Crippen LogP contribution >= 0.6 is 0 Å². The first-order valence-electron chi connectivity index (χ1n) is 9.14. The van der Waals surface area contributed by atoms with E-state index in [4.69, 9.17) is 0 Å². The van der Waals surface area contributed by atoms with E-state index < -0.39 is 0 Å². The number of hydrogen-bond donors (Lipinski definition) is 0. The maximum Gasteiger partial charge on any atom is 0.242 e. The number of carbonyl (C=O) groups excluding carboxylic acids is 1. The van der Waals surface area contributed by atoms with Crippen LogP contribution in [-0.2, 0) is 11.3 Å². The first-order chi connectivity index (χ1) is 13.0. The number of piperazine rings is 1. The molecule has 1 aromatic carbocycles. The van der Waals surface area contributed by atoms with Crippen LogP contribution in [0.15, 0.2) is 42.6 Å². The second-order valence-electron chi connectivity index (χ2n) is 7.12. The van der Waals surface area contributed by atoms with Crippen molar-refractivity contribution in [2.75, 3.05) is 24.5 Å². The molecule has 27 heavy (non-hydrogen) atoms. The van der Waals surface area contributed by atoms with Crippen LogP contribution in [-0.4, -0.2) is 45.0 Å². The predicted octanol–water partition coefficient (Wildman–Crippen LogP) is 2.84. The number of hydrogen-bond acceptors (Lipinski definition) is 4. The van der Waals surface area contributed by atoms with E-state index in [1.807, 2.05) is 17.0 Å². The van der Waals surface area contributed by atoms with E-state index in [0.29, 0.717) is 25.2 Å². The number of anilines is 1. The molecule has 3 aromatic rings. The minimum Gasteiger partial charge on any atom is -0.345 e. The van der Waals surface area contributed by atoms with Crippen molar-refractivity contribution in [2.45, 2.75) is 26.3 Å². The third-order valence-electron chi connectivity index (χ3n) is 4.91. The monoisotopic (exact) mass is 367 g/mol. The van der Waals surface area contributed by atoms with E-state index in [0.717, 1.165) is 17.2 Å². The summed E-state index contributed by atoms with van der Waals surface area (Å²) in [6.07, 6.45) is 1.71. The van der Waals surface area contributed by atoms with Crippen molar-refractivity contribution in [1.82, 2.24) is 19.5 Å². The van der Waals surface area contributed by atoms with Crippen LogP contribution in [0.5, 0.6) is 0 Å². The first kappa shape index (κ1) is 17.5. The predicted molar refractivity (Wildman–Crippen MR) is 101 cm³/mol. The van der Waals surface area contributed by atoms with Gasteiger partial charge >= 0.3 is 0 Å². The summed E-state index contributed by atoms with van der Waals surface area (Å²) in [5.41, 5.74) is 2.29. The zero-order chi connectivity index (χ0) is 19.0. The Morgan fingerprint density at radius 1 is 1.19 bits per heavy atom. The normalized spacial score (nSPS) is 15.2. The Hall–Kier alpha value is -2.96. The molecule has 0 bridgehead atoms. The maximum absolute atomic E-state index is 13.9. The average Bonchev–Trinajstić information content (AvgIpc) is 3.13. The Bertz CT molecular complexity index is 983. The summed E-state index contributed by atoms with van der Waals surface area (Å²) in [4.78, 5) is 21.1. The number of nitrogens with zero attached hydrogens (tertiary/aromatic N) is 5. The van der Waals surface area contributed by atoms with Gasteiger partial charge in [-0.3, -0.25) is 4.79 Å². The SMILES string of the molecule is CC(C)c1cc(N2CCN(Cc3ccccc3F)C(=O)C2)n2nccc2n1. The Kier molecular flexibility index (Phi) is 4.51. The highest BCUT2D eigenvalue weighted by Gasteiger charge is 2.27. The summed E-state index contributed by atoms with van der Waals surface area (Å²) < 4.78 is 15.7. The lowest BCUT2D eigenvalue weighted by atomic mass is 10.1. The van der Waals surface area contributed by atoms with Gasteiger partial charge in [0.05, 0.1) is 12.7 Å². The minimum absolute atomic E-state index is 0.0206. The van der Waals surface area contributed by atoms with Crippen molar-refractivity contribution in [3.8, 4) is 0 Å². The molecule has 0 atom stereocenters. The van der Waals surface area contributed by atoms with Crippen molar-refractivity contribution >= 4 is 17.4 Å². The van der Waals surface area contributed by atoms with Gasteiger partial charge in [0.25, 0.3) is 0 Å². The Labute approximate surface area is 157 Å². The second-order valence-corrected chi connectivity index (χ2v) is 7.12. The third-order valence-corrected chi connectivity index (χ3v) is 4.91. The highest BCUT2D eigenvalue weighted by atomic mass is 19.1. The summed E-state index contributed by atoms with van der Waals surface area (Å²) in [5.74, 6) is 0.851. The number of benzene rings is 1. The third kappa shape index (κ3) is 3.37. The summed E-state index contributed by atoms with van der Waals surface area (Å²) in [6.45, 7) is 5.92. The van der Waals surface area contributed by atoms with Crippen LogP contribution < -0.4 is 4.90 Å². The van der Waals surface area contributed by atoms with Gasteiger partial charge in [-0.05, 0) is 12.0 Å². The molecule has 2 aromatic heterocycles. The van der Waals surface area contributed by atoms with Gasteiger partial charge in [-0.15, -0.1) is 0 Å². The molecular formula is C20H22FN5O. The fraction of sp³-hybridized carbons (Fsp3) is 0.350. The van der Waals surface area contributed by atoms with Crippen LogP contribution in [0.2, 0.25) is 0 Å². The van der Waals surface area contributed by atoms with Gasteiger partial charge in [-0.1, -0.05) is 32.0 Å². The van der Waals surface area contributed by atoms with E-state index in [2.05, 4.69) is 23.9 Å². The molecule has 0 radical (unpaired) electrons.